The van der Waals surface area contributed by atoms with E-state index in [4.69, 9.17) is 17.3 Å². The van der Waals surface area contributed by atoms with E-state index in [1.54, 1.807) is 6.07 Å². The molecule has 0 aliphatic heterocycles. The molecule has 0 fully saturated rings. The number of hydrogen-bond donors (Lipinski definition) is 2. The van der Waals surface area contributed by atoms with Gasteiger partial charge in [-0.1, -0.05) is 11.6 Å². The van der Waals surface area contributed by atoms with E-state index in [1.807, 2.05) is 0 Å². The number of hydrogen-bond acceptors (Lipinski definition) is 5. The van der Waals surface area contributed by atoms with E-state index in [0.717, 1.165) is 0 Å². The number of H-pyrrole nitrogens is 1. The van der Waals surface area contributed by atoms with E-state index in [9.17, 15) is 4.79 Å². The Kier molecular flexibility index (Phi) is 3.12. The Bertz CT molecular complexity index is 571. The van der Waals surface area contributed by atoms with E-state index in [2.05, 4.69) is 15.0 Å². The molecule has 0 aliphatic carbocycles. The molecule has 0 saturated heterocycles. The van der Waals surface area contributed by atoms with Crippen LogP contribution >= 0.6 is 23.4 Å². The van der Waals surface area contributed by atoms with Gasteiger partial charge in [0.15, 0.2) is 5.16 Å². The predicted octanol–water partition coefficient (Wildman–Crippen LogP) is 1.55. The summed E-state index contributed by atoms with van der Waals surface area (Å²) in [6, 6.07) is 2.93. The molecule has 3 N–H and O–H groups in total. The maximum atomic E-state index is 11.0. The van der Waals surface area contributed by atoms with E-state index >= 15 is 0 Å². The van der Waals surface area contributed by atoms with Crippen molar-refractivity contribution in [1.29, 1.82) is 0 Å². The number of nitrogen functional groups attached to an aromatic ring is 1. The van der Waals surface area contributed by atoms with Gasteiger partial charge in [0.1, 0.15) is 5.03 Å². The molecule has 0 saturated carbocycles. The van der Waals surface area contributed by atoms with Gasteiger partial charge in [-0.25, -0.2) is 9.97 Å². The van der Waals surface area contributed by atoms with Crippen molar-refractivity contribution in [1.82, 2.24) is 15.0 Å². The van der Waals surface area contributed by atoms with Crippen molar-refractivity contribution in [3.8, 4) is 0 Å². The van der Waals surface area contributed by atoms with Crippen LogP contribution in [0.15, 0.2) is 39.5 Å². The van der Waals surface area contributed by atoms with Crippen LogP contribution in [-0.4, -0.2) is 15.0 Å². The highest BCUT2D eigenvalue weighted by Crippen LogP contribution is 2.29. The Hall–Kier alpha value is -1.53. The third-order valence-corrected chi connectivity index (χ3v) is 2.99. The molecule has 0 atom stereocenters. The van der Waals surface area contributed by atoms with Crippen LogP contribution in [0.4, 0.5) is 5.69 Å². The van der Waals surface area contributed by atoms with Crippen molar-refractivity contribution in [3.05, 3.63) is 39.9 Å². The standard InChI is InChI=1S/C9H7ClN4OS/c10-6-3-5(11)4-13-8(6)16-9-12-2-1-7(15)14-9/h1-4H,11H2,(H,12,14,15). The van der Waals surface area contributed by atoms with Crippen molar-refractivity contribution >= 4 is 29.1 Å². The zero-order valence-corrected chi connectivity index (χ0v) is 9.55. The molecular formula is C9H7ClN4OS. The number of nitrogens with one attached hydrogen (secondary N) is 1. The summed E-state index contributed by atoms with van der Waals surface area (Å²) in [4.78, 5) is 21.6. The van der Waals surface area contributed by atoms with Gasteiger partial charge in [0.2, 0.25) is 0 Å². The maximum Gasteiger partial charge on any atom is 0.251 e. The monoisotopic (exact) mass is 254 g/mol. The third-order valence-electron chi connectivity index (χ3n) is 1.67. The van der Waals surface area contributed by atoms with Crippen molar-refractivity contribution in [2.45, 2.75) is 10.2 Å². The van der Waals surface area contributed by atoms with Crippen LogP contribution in [0.25, 0.3) is 0 Å². The smallest absolute Gasteiger partial charge is 0.251 e. The number of anilines is 1. The fourth-order valence-electron chi connectivity index (χ4n) is 1.01. The maximum absolute atomic E-state index is 11.0. The van der Waals surface area contributed by atoms with Gasteiger partial charge in [-0.15, -0.1) is 0 Å². The van der Waals surface area contributed by atoms with Crippen LogP contribution in [0.3, 0.4) is 0 Å². The minimum Gasteiger partial charge on any atom is -0.397 e. The summed E-state index contributed by atoms with van der Waals surface area (Å²) >= 11 is 7.11. The van der Waals surface area contributed by atoms with Crippen molar-refractivity contribution in [2.75, 3.05) is 5.73 Å². The lowest BCUT2D eigenvalue weighted by Crippen LogP contribution is -2.05. The van der Waals surface area contributed by atoms with Gasteiger partial charge >= 0.3 is 0 Å². The van der Waals surface area contributed by atoms with Crippen LogP contribution in [0.2, 0.25) is 5.02 Å². The molecule has 0 radical (unpaired) electrons. The fourth-order valence-corrected chi connectivity index (χ4v) is 2.01. The Morgan fingerprint density at radius 1 is 1.44 bits per heavy atom. The second kappa shape index (κ2) is 4.54. The Labute approximate surface area is 100 Å². The second-order valence-electron chi connectivity index (χ2n) is 2.90. The minimum atomic E-state index is -0.218. The molecular weight excluding hydrogens is 248 g/mol. The molecule has 5 nitrogen and oxygen atoms in total. The molecule has 82 valence electrons. The predicted molar refractivity (Wildman–Crippen MR) is 62.6 cm³/mol. The largest absolute Gasteiger partial charge is 0.397 e. The molecule has 2 aromatic heterocycles. The molecule has 0 bridgehead atoms. The quantitative estimate of drug-likeness (QED) is 0.795. The highest BCUT2D eigenvalue weighted by molar-refractivity contribution is 7.99. The fraction of sp³-hybridized carbons (Fsp3) is 0. The number of pyridine rings is 1. The molecule has 0 spiro atoms. The molecule has 2 aromatic rings. The molecule has 0 aliphatic rings. The van der Waals surface area contributed by atoms with Crippen molar-refractivity contribution < 1.29 is 0 Å². The van der Waals surface area contributed by atoms with Crippen molar-refractivity contribution in [2.24, 2.45) is 0 Å². The van der Waals surface area contributed by atoms with Crippen LogP contribution in [0.1, 0.15) is 0 Å². The Morgan fingerprint density at radius 3 is 2.94 bits per heavy atom. The van der Waals surface area contributed by atoms with Crippen LogP contribution in [0, 0.1) is 0 Å². The summed E-state index contributed by atoms with van der Waals surface area (Å²) in [5, 5.41) is 1.41. The number of rotatable bonds is 2. The van der Waals surface area contributed by atoms with E-state index in [0.29, 0.717) is 20.9 Å². The molecule has 0 amide bonds. The second-order valence-corrected chi connectivity index (χ2v) is 4.28. The molecule has 0 unspecified atom stereocenters. The van der Waals surface area contributed by atoms with Gasteiger partial charge in [-0.2, -0.15) is 0 Å². The van der Waals surface area contributed by atoms with Gasteiger partial charge in [0, 0.05) is 12.3 Å². The van der Waals surface area contributed by atoms with Crippen LogP contribution in [-0.2, 0) is 0 Å². The zero-order chi connectivity index (χ0) is 11.5. The van der Waals surface area contributed by atoms with E-state index in [1.165, 1.54) is 30.2 Å². The molecule has 16 heavy (non-hydrogen) atoms. The van der Waals surface area contributed by atoms with Gasteiger partial charge in [-0.05, 0) is 17.8 Å². The third kappa shape index (κ3) is 2.53. The van der Waals surface area contributed by atoms with Gasteiger partial charge in [0.25, 0.3) is 5.56 Å². The van der Waals surface area contributed by atoms with Crippen molar-refractivity contribution in [3.63, 3.8) is 0 Å². The van der Waals surface area contributed by atoms with Gasteiger partial charge < -0.3 is 10.7 Å². The average molecular weight is 255 g/mol. The van der Waals surface area contributed by atoms with Crippen LogP contribution < -0.4 is 11.3 Å². The Morgan fingerprint density at radius 2 is 2.25 bits per heavy atom. The number of aromatic amines is 1. The zero-order valence-electron chi connectivity index (χ0n) is 7.98. The van der Waals surface area contributed by atoms with E-state index in [-0.39, 0.29) is 5.56 Å². The number of nitrogens with zero attached hydrogens (tertiary/aromatic N) is 2. The lowest BCUT2D eigenvalue weighted by atomic mass is 10.4. The highest BCUT2D eigenvalue weighted by Gasteiger charge is 2.06. The summed E-state index contributed by atoms with van der Waals surface area (Å²) in [5.41, 5.74) is 5.79. The first-order valence-electron chi connectivity index (χ1n) is 4.29. The first-order valence-corrected chi connectivity index (χ1v) is 5.49. The lowest BCUT2D eigenvalue weighted by molar-refractivity contribution is 0.932. The normalized spacial score (nSPS) is 10.3. The molecule has 2 rings (SSSR count). The highest BCUT2D eigenvalue weighted by atomic mass is 35.5. The minimum absolute atomic E-state index is 0.218. The number of nitrogens with two attached hydrogens (primary N) is 1. The lowest BCUT2D eigenvalue weighted by Gasteiger charge is -2.02. The molecule has 2 heterocycles. The van der Waals surface area contributed by atoms with Gasteiger partial charge in [0.05, 0.1) is 16.9 Å². The molecule has 7 heteroatoms. The van der Waals surface area contributed by atoms with Gasteiger partial charge in [-0.3, -0.25) is 4.79 Å². The topological polar surface area (TPSA) is 84.7 Å². The first-order chi connectivity index (χ1) is 7.65. The Balaban J connectivity index is 2.30. The SMILES string of the molecule is Nc1cnc(Sc2nccc(=O)[nH]2)c(Cl)c1. The summed E-state index contributed by atoms with van der Waals surface area (Å²) in [6.07, 6.45) is 2.92. The summed E-state index contributed by atoms with van der Waals surface area (Å²) < 4.78 is 0. The van der Waals surface area contributed by atoms with Crippen LogP contribution in [0.5, 0.6) is 0 Å². The number of halogens is 1. The number of aromatic nitrogens is 3. The molecule has 0 aromatic carbocycles. The summed E-state index contributed by atoms with van der Waals surface area (Å²) in [6.45, 7) is 0. The first kappa shape index (κ1) is 11.0. The summed E-state index contributed by atoms with van der Waals surface area (Å²) in [5.74, 6) is 0. The van der Waals surface area contributed by atoms with E-state index < -0.39 is 0 Å². The average Bonchev–Trinajstić information content (AvgIpc) is 2.22. The summed E-state index contributed by atoms with van der Waals surface area (Å²) in [7, 11) is 0.